The van der Waals surface area contributed by atoms with E-state index in [1.165, 1.54) is 0 Å². The van der Waals surface area contributed by atoms with E-state index in [1.807, 2.05) is 29.7 Å². The van der Waals surface area contributed by atoms with Crippen molar-refractivity contribution in [3.8, 4) is 0 Å². The minimum atomic E-state index is -0.00677. The number of nitrogens with zero attached hydrogens (tertiary/aromatic N) is 5. The molecule has 0 aliphatic carbocycles. The summed E-state index contributed by atoms with van der Waals surface area (Å²) < 4.78 is 1.95. The Kier molecular flexibility index (Phi) is 3.59. The van der Waals surface area contributed by atoms with Gasteiger partial charge in [-0.1, -0.05) is 37.3 Å². The summed E-state index contributed by atoms with van der Waals surface area (Å²) >= 11 is 0. The molecule has 3 heterocycles. The highest BCUT2D eigenvalue weighted by Gasteiger charge is 2.41. The number of fused-ring (bicyclic) bond motifs is 3. The number of amides is 1. The van der Waals surface area contributed by atoms with Gasteiger partial charge in [0, 0.05) is 13.1 Å². The smallest absolute Gasteiger partial charge is 0.281 e. The number of benzene rings is 1. The summed E-state index contributed by atoms with van der Waals surface area (Å²) in [4.78, 5) is 26.1. The summed E-state index contributed by atoms with van der Waals surface area (Å²) in [5.41, 5.74) is 1.82. The van der Waals surface area contributed by atoms with E-state index < -0.39 is 0 Å². The monoisotopic (exact) mass is 323 g/mol. The van der Waals surface area contributed by atoms with Crippen LogP contribution in [0.25, 0.3) is 0 Å². The van der Waals surface area contributed by atoms with Gasteiger partial charge in [0.1, 0.15) is 0 Å². The number of carbonyl (C=O) groups excluding carboxylic acids is 1. The molecule has 0 fully saturated rings. The topological polar surface area (TPSA) is 53.7 Å². The third-order valence-corrected chi connectivity index (χ3v) is 4.68. The average Bonchev–Trinajstić information content (AvgIpc) is 3.20. The first-order valence-corrected chi connectivity index (χ1v) is 8.49. The minimum absolute atomic E-state index is 0.00677. The third kappa shape index (κ3) is 2.21. The first-order chi connectivity index (χ1) is 11.7. The summed E-state index contributed by atoms with van der Waals surface area (Å²) in [6.45, 7) is 6.16. The first-order valence-electron chi connectivity index (χ1n) is 8.49. The van der Waals surface area contributed by atoms with Crippen molar-refractivity contribution in [3.63, 3.8) is 0 Å². The molecule has 0 saturated carbocycles. The fraction of sp³-hybridized carbons (Fsp3) is 0.389. The normalized spacial score (nSPS) is 19.3. The molecule has 0 spiro atoms. The quantitative estimate of drug-likeness (QED) is 0.868. The van der Waals surface area contributed by atoms with Gasteiger partial charge >= 0.3 is 0 Å². The van der Waals surface area contributed by atoms with E-state index in [9.17, 15) is 4.79 Å². The van der Waals surface area contributed by atoms with Gasteiger partial charge in [-0.25, -0.2) is 9.98 Å². The molecule has 2 aliphatic rings. The number of imidazole rings is 1. The van der Waals surface area contributed by atoms with Gasteiger partial charge in [-0.3, -0.25) is 14.6 Å². The Hall–Kier alpha value is -2.63. The summed E-state index contributed by atoms with van der Waals surface area (Å²) in [6.07, 6.45) is 2.73. The van der Waals surface area contributed by atoms with Crippen molar-refractivity contribution in [3.05, 3.63) is 47.9 Å². The van der Waals surface area contributed by atoms with Gasteiger partial charge in [0.15, 0.2) is 11.5 Å². The average molecular weight is 323 g/mol. The molecular weight excluding hydrogens is 302 g/mol. The van der Waals surface area contributed by atoms with Crippen LogP contribution in [0.4, 0.5) is 5.82 Å². The van der Waals surface area contributed by atoms with Crippen molar-refractivity contribution in [2.75, 3.05) is 18.0 Å². The molecule has 0 bridgehead atoms. The zero-order chi connectivity index (χ0) is 16.7. The fourth-order valence-corrected chi connectivity index (χ4v) is 3.37. The van der Waals surface area contributed by atoms with Crippen LogP contribution in [0.15, 0.2) is 41.7 Å². The molecule has 2 aliphatic heterocycles. The molecule has 1 aromatic heterocycles. The van der Waals surface area contributed by atoms with Crippen LogP contribution in [0.5, 0.6) is 0 Å². The Morgan fingerprint density at radius 3 is 2.71 bits per heavy atom. The molecule has 6 heteroatoms. The molecule has 6 nitrogen and oxygen atoms in total. The molecule has 1 aromatic carbocycles. The van der Waals surface area contributed by atoms with Crippen LogP contribution < -0.4 is 4.90 Å². The number of anilines is 1. The molecule has 0 saturated heterocycles. The SMILES string of the molecule is CC[C@@H]1CN2C(=N1)N(CC)C(=O)c1c2ncn1Cc1ccccc1. The number of carbonyl (C=O) groups is 1. The number of hydrogen-bond acceptors (Lipinski definition) is 4. The fourth-order valence-electron chi connectivity index (χ4n) is 3.37. The summed E-state index contributed by atoms with van der Waals surface area (Å²) in [5, 5.41) is 0. The van der Waals surface area contributed by atoms with Gasteiger partial charge in [-0.05, 0) is 18.9 Å². The second-order valence-corrected chi connectivity index (χ2v) is 6.18. The number of aliphatic imine (C=N–C) groups is 1. The van der Waals surface area contributed by atoms with Gasteiger partial charge in [0.25, 0.3) is 5.91 Å². The third-order valence-electron chi connectivity index (χ3n) is 4.68. The highest BCUT2D eigenvalue weighted by molar-refractivity contribution is 6.18. The van der Waals surface area contributed by atoms with Gasteiger partial charge in [-0.15, -0.1) is 0 Å². The van der Waals surface area contributed by atoms with E-state index in [0.29, 0.717) is 18.8 Å². The molecule has 2 aromatic rings. The van der Waals surface area contributed by atoms with Gasteiger partial charge in [0.05, 0.1) is 18.9 Å². The molecule has 0 radical (unpaired) electrons. The minimum Gasteiger partial charge on any atom is -0.320 e. The molecule has 0 unspecified atom stereocenters. The lowest BCUT2D eigenvalue weighted by Crippen LogP contribution is -2.50. The summed E-state index contributed by atoms with van der Waals surface area (Å²) in [5.74, 6) is 1.50. The van der Waals surface area contributed by atoms with Gasteiger partial charge in [-0.2, -0.15) is 0 Å². The second-order valence-electron chi connectivity index (χ2n) is 6.18. The molecule has 0 N–H and O–H groups in total. The maximum atomic E-state index is 13.0. The van der Waals surface area contributed by atoms with Crippen molar-refractivity contribution in [2.45, 2.75) is 32.9 Å². The maximum absolute atomic E-state index is 13.0. The van der Waals surface area contributed by atoms with Crippen LogP contribution in [0.3, 0.4) is 0 Å². The van der Waals surface area contributed by atoms with Gasteiger partial charge in [0.2, 0.25) is 5.96 Å². The highest BCUT2D eigenvalue weighted by Crippen LogP contribution is 2.31. The predicted molar refractivity (Wildman–Crippen MR) is 93.3 cm³/mol. The number of hydrogen-bond donors (Lipinski definition) is 0. The van der Waals surface area contributed by atoms with Crippen molar-refractivity contribution in [2.24, 2.45) is 4.99 Å². The van der Waals surface area contributed by atoms with E-state index in [4.69, 9.17) is 4.99 Å². The van der Waals surface area contributed by atoms with E-state index in [-0.39, 0.29) is 11.9 Å². The maximum Gasteiger partial charge on any atom is 0.281 e. The largest absolute Gasteiger partial charge is 0.320 e. The molecular formula is C18H21N5O. The zero-order valence-electron chi connectivity index (χ0n) is 14.0. The van der Waals surface area contributed by atoms with E-state index >= 15 is 0 Å². The number of guanidine groups is 1. The number of aromatic nitrogens is 2. The molecule has 1 atom stereocenters. The Balaban J connectivity index is 1.75. The molecule has 124 valence electrons. The Morgan fingerprint density at radius 1 is 1.21 bits per heavy atom. The Labute approximate surface area is 141 Å². The number of rotatable bonds is 4. The van der Waals surface area contributed by atoms with Crippen LogP contribution in [0.1, 0.15) is 36.3 Å². The van der Waals surface area contributed by atoms with Crippen LogP contribution >= 0.6 is 0 Å². The van der Waals surface area contributed by atoms with E-state index in [0.717, 1.165) is 30.3 Å². The Morgan fingerprint density at radius 2 is 2.00 bits per heavy atom. The van der Waals surface area contributed by atoms with E-state index in [1.54, 1.807) is 11.2 Å². The second kappa shape index (κ2) is 5.78. The Bertz CT molecular complexity index is 795. The molecule has 24 heavy (non-hydrogen) atoms. The van der Waals surface area contributed by atoms with Crippen LogP contribution in [0.2, 0.25) is 0 Å². The van der Waals surface area contributed by atoms with Crippen molar-refractivity contribution < 1.29 is 4.79 Å². The lowest BCUT2D eigenvalue weighted by Gasteiger charge is -2.33. The van der Waals surface area contributed by atoms with Crippen molar-refractivity contribution in [1.82, 2.24) is 14.5 Å². The van der Waals surface area contributed by atoms with Gasteiger partial charge < -0.3 is 4.57 Å². The first kappa shape index (κ1) is 14.9. The van der Waals surface area contributed by atoms with Crippen LogP contribution in [-0.2, 0) is 6.54 Å². The van der Waals surface area contributed by atoms with E-state index in [2.05, 4.69) is 28.9 Å². The predicted octanol–water partition coefficient (Wildman–Crippen LogP) is 2.36. The van der Waals surface area contributed by atoms with Crippen LogP contribution in [-0.4, -0.2) is 45.4 Å². The lowest BCUT2D eigenvalue weighted by atomic mass is 10.2. The lowest BCUT2D eigenvalue weighted by molar-refractivity contribution is 0.0836. The zero-order valence-corrected chi connectivity index (χ0v) is 14.0. The molecule has 4 rings (SSSR count). The van der Waals surface area contributed by atoms with Crippen LogP contribution in [0, 0.1) is 0 Å². The van der Waals surface area contributed by atoms with Crippen molar-refractivity contribution >= 4 is 17.7 Å². The summed E-state index contributed by atoms with van der Waals surface area (Å²) in [7, 11) is 0. The highest BCUT2D eigenvalue weighted by atomic mass is 16.2. The molecule has 1 amide bonds. The summed E-state index contributed by atoms with van der Waals surface area (Å²) in [6, 6.07) is 10.4. The van der Waals surface area contributed by atoms with Crippen molar-refractivity contribution in [1.29, 1.82) is 0 Å². The standard InChI is InChI=1S/C18H21N5O/c1-3-14-11-23-16-15(17(24)22(4-2)18(23)20-14)21(12-19-16)10-13-8-6-5-7-9-13/h5-9,12,14H,3-4,10-11H2,1-2H3/t14-/m1/s1.